The zero-order valence-electron chi connectivity index (χ0n) is 7.51. The van der Waals surface area contributed by atoms with E-state index < -0.39 is 0 Å². The van der Waals surface area contributed by atoms with Gasteiger partial charge in [-0.15, -0.1) is 0 Å². The van der Waals surface area contributed by atoms with Crippen LogP contribution >= 0.6 is 0 Å². The summed E-state index contributed by atoms with van der Waals surface area (Å²) in [4.78, 5) is 0. The second-order valence-corrected chi connectivity index (χ2v) is 2.38. The molecule has 0 amide bonds. The molecule has 62 valence electrons. The third kappa shape index (κ3) is 72.5. The fourth-order valence-corrected chi connectivity index (χ4v) is 0. The summed E-state index contributed by atoms with van der Waals surface area (Å²) >= 11 is 0. The van der Waals surface area contributed by atoms with Crippen molar-refractivity contribution in [3.8, 4) is 0 Å². The monoisotopic (exact) mass is 182 g/mol. The summed E-state index contributed by atoms with van der Waals surface area (Å²) in [5.41, 5.74) is 0. The minimum atomic E-state index is -0.167. The molecule has 0 saturated heterocycles. The molecule has 0 aromatic rings. The predicted molar refractivity (Wildman–Crippen MR) is 39.5 cm³/mol. The molecule has 0 rings (SSSR count). The fraction of sp³-hybridized carbons (Fsp3) is 1.00. The van der Waals surface area contributed by atoms with Gasteiger partial charge in [0.1, 0.15) is 0 Å². The summed E-state index contributed by atoms with van der Waals surface area (Å²) in [5.74, 6) is 0. The van der Waals surface area contributed by atoms with Crippen LogP contribution in [0, 0.1) is 0 Å². The van der Waals surface area contributed by atoms with Crippen LogP contribution in [-0.4, -0.2) is 24.4 Å². The van der Waals surface area contributed by atoms with Gasteiger partial charge in [-0.1, -0.05) is 0 Å². The zero-order chi connectivity index (χ0) is 7.86. The molecule has 0 unspecified atom stereocenters. The largest absolute Gasteiger partial charge is 0.394 e. The van der Waals surface area contributed by atoms with Gasteiger partial charge in [-0.3, -0.25) is 0 Å². The number of aliphatic hydroxyl groups is 1. The van der Waals surface area contributed by atoms with Crippen LogP contribution < -0.4 is 0 Å². The van der Waals surface area contributed by atoms with E-state index in [2.05, 4.69) is 0 Å². The summed E-state index contributed by atoms with van der Waals surface area (Å²) in [5, 5.41) is 8.06. The van der Waals surface area contributed by atoms with Crippen LogP contribution in [0.1, 0.15) is 27.7 Å². The number of hydrogen-bond donors (Lipinski definition) is 1. The van der Waals surface area contributed by atoms with Crippen LogP contribution in [0.3, 0.4) is 0 Å². The first-order valence-corrected chi connectivity index (χ1v) is 3.21. The Labute approximate surface area is 78.8 Å². The van der Waals surface area contributed by atoms with Gasteiger partial charge in [0.05, 0.1) is 6.10 Å². The van der Waals surface area contributed by atoms with Gasteiger partial charge in [-0.25, -0.2) is 0 Å². The number of methoxy groups -OCH3 is 1. The van der Waals surface area contributed by atoms with Crippen molar-refractivity contribution in [2.75, 3.05) is 7.11 Å². The van der Waals surface area contributed by atoms with Crippen LogP contribution in [0.15, 0.2) is 0 Å². The molecule has 0 fully saturated rings. The van der Waals surface area contributed by atoms with Crippen molar-refractivity contribution in [2.24, 2.45) is 0 Å². The van der Waals surface area contributed by atoms with E-state index in [-0.39, 0.29) is 27.8 Å². The zero-order valence-corrected chi connectivity index (χ0v) is 9.07. The van der Waals surface area contributed by atoms with Gasteiger partial charge in [-0.2, -0.15) is 0 Å². The van der Waals surface area contributed by atoms with E-state index >= 15 is 0 Å². The smallest absolute Gasteiger partial charge is 0.0515 e. The van der Waals surface area contributed by atoms with E-state index in [1.807, 2.05) is 13.8 Å². The van der Waals surface area contributed by atoms with Crippen LogP contribution in [0.4, 0.5) is 0 Å². The Kier molecular flexibility index (Phi) is 20.9. The summed E-state index contributed by atoms with van der Waals surface area (Å²) in [7, 11) is 1.70. The molecule has 0 aliphatic carbocycles. The van der Waals surface area contributed by atoms with Crippen molar-refractivity contribution < 1.29 is 31.6 Å². The first-order chi connectivity index (χ1) is 4.00. The molecule has 0 saturated carbocycles. The van der Waals surface area contributed by atoms with Crippen molar-refractivity contribution in [3.63, 3.8) is 0 Å². The normalized spacial score (nSPS) is 8.40. The van der Waals surface area contributed by atoms with Gasteiger partial charge < -0.3 is 9.84 Å². The van der Waals surface area contributed by atoms with Crippen LogP contribution in [0.5, 0.6) is 0 Å². The second-order valence-electron chi connectivity index (χ2n) is 2.38. The molecule has 0 atom stereocenters. The third-order valence-corrected chi connectivity index (χ3v) is 0.471. The summed E-state index contributed by atoms with van der Waals surface area (Å²) in [6.07, 6.45) is 0.218. The maximum absolute atomic E-state index is 8.06. The topological polar surface area (TPSA) is 29.5 Å². The maximum Gasteiger partial charge on any atom is 0.0515 e. The Bertz CT molecular complexity index is 44.1. The van der Waals surface area contributed by atoms with Gasteiger partial charge >= 0.3 is 0 Å². The van der Waals surface area contributed by atoms with Gasteiger partial charge in [0.15, 0.2) is 0 Å². The van der Waals surface area contributed by atoms with E-state index in [0.29, 0.717) is 6.10 Å². The number of hydrogen-bond acceptors (Lipinski definition) is 2. The molecular formula is C7H18O2Ti. The summed E-state index contributed by atoms with van der Waals surface area (Å²) in [6, 6.07) is 0. The second kappa shape index (κ2) is 12.3. The molecule has 0 radical (unpaired) electrons. The quantitative estimate of drug-likeness (QED) is 0.621. The Balaban J connectivity index is -0.0000000910. The molecule has 0 aliphatic heterocycles. The molecule has 0 aromatic heterocycles. The van der Waals surface area contributed by atoms with Crippen molar-refractivity contribution in [1.29, 1.82) is 0 Å². The van der Waals surface area contributed by atoms with Gasteiger partial charge in [-0.05, 0) is 27.7 Å². The Morgan fingerprint density at radius 2 is 1.20 bits per heavy atom. The molecule has 0 aliphatic rings. The predicted octanol–water partition coefficient (Wildman–Crippen LogP) is 1.43. The van der Waals surface area contributed by atoms with E-state index in [9.17, 15) is 0 Å². The molecule has 0 bridgehead atoms. The van der Waals surface area contributed by atoms with Gasteiger partial charge in [0, 0.05) is 34.9 Å². The van der Waals surface area contributed by atoms with Crippen molar-refractivity contribution in [1.82, 2.24) is 0 Å². The van der Waals surface area contributed by atoms with Crippen LogP contribution in [0.25, 0.3) is 0 Å². The van der Waals surface area contributed by atoms with Crippen molar-refractivity contribution in [2.45, 2.75) is 39.9 Å². The van der Waals surface area contributed by atoms with Gasteiger partial charge in [0.2, 0.25) is 0 Å². The van der Waals surface area contributed by atoms with Crippen molar-refractivity contribution >= 4 is 0 Å². The molecule has 0 heterocycles. The van der Waals surface area contributed by atoms with E-state index in [1.165, 1.54) is 0 Å². The third-order valence-electron chi connectivity index (χ3n) is 0.471. The average Bonchev–Trinajstić information content (AvgIpc) is 1.65. The maximum atomic E-state index is 8.06. The number of rotatable bonds is 1. The standard InChI is InChI=1S/C4H10O.C3H8O.Ti/c1-4(2)5-3;1-3(2)4;/h4H,1-3H3;3-4H,1-2H3;. The molecule has 0 spiro atoms. The molecule has 2 nitrogen and oxygen atoms in total. The Hall–Kier alpha value is 0.634. The number of aliphatic hydroxyl groups excluding tert-OH is 1. The summed E-state index contributed by atoms with van der Waals surface area (Å²) in [6.45, 7) is 7.44. The Morgan fingerprint density at radius 3 is 1.20 bits per heavy atom. The number of ether oxygens (including phenoxy) is 1. The van der Waals surface area contributed by atoms with E-state index in [1.54, 1.807) is 21.0 Å². The average molecular weight is 182 g/mol. The Morgan fingerprint density at radius 1 is 1.10 bits per heavy atom. The van der Waals surface area contributed by atoms with Crippen molar-refractivity contribution in [3.05, 3.63) is 0 Å². The van der Waals surface area contributed by atoms with E-state index in [0.717, 1.165) is 0 Å². The van der Waals surface area contributed by atoms with Gasteiger partial charge in [0.25, 0.3) is 0 Å². The van der Waals surface area contributed by atoms with Crippen LogP contribution in [-0.2, 0) is 26.5 Å². The van der Waals surface area contributed by atoms with E-state index in [4.69, 9.17) is 9.84 Å². The fourth-order valence-electron chi connectivity index (χ4n) is 0. The molecule has 3 heteroatoms. The summed E-state index contributed by atoms with van der Waals surface area (Å²) < 4.78 is 4.75. The molecule has 0 aromatic carbocycles. The minimum absolute atomic E-state index is 0. The minimum Gasteiger partial charge on any atom is -0.394 e. The van der Waals surface area contributed by atoms with Crippen LogP contribution in [0.2, 0.25) is 0 Å². The SMILES string of the molecule is CC(C)O.COC(C)C.[Ti]. The first kappa shape index (κ1) is 16.9. The first-order valence-electron chi connectivity index (χ1n) is 3.21. The molecule has 1 N–H and O–H groups in total. The molecule has 10 heavy (non-hydrogen) atoms. The molecular weight excluding hydrogens is 164 g/mol.